The number of alkyl halides is 2. The summed E-state index contributed by atoms with van der Waals surface area (Å²) in [6.45, 7) is -0.126. The molecule has 0 aliphatic carbocycles. The standard InChI is InChI=1S/C10H12F3NO/c11-8-5-6(9(14)3-4-15)1-2-7(8)10(12)13/h1-2,5,9-10,15H,3-4,14H2/t9-/m0/s1. The maximum absolute atomic E-state index is 13.1. The lowest BCUT2D eigenvalue weighted by Gasteiger charge is -2.11. The minimum atomic E-state index is -2.83. The van der Waals surface area contributed by atoms with Crippen LogP contribution in [-0.2, 0) is 0 Å². The van der Waals surface area contributed by atoms with Crippen LogP contribution in [0.2, 0.25) is 0 Å². The summed E-state index contributed by atoms with van der Waals surface area (Å²) in [5.74, 6) is -0.962. The summed E-state index contributed by atoms with van der Waals surface area (Å²) in [6, 6.07) is 2.83. The van der Waals surface area contributed by atoms with Crippen molar-refractivity contribution in [1.29, 1.82) is 0 Å². The Bertz CT molecular complexity index is 330. The summed E-state index contributed by atoms with van der Waals surface area (Å²) in [5, 5.41) is 8.62. The molecule has 1 aromatic carbocycles. The van der Waals surface area contributed by atoms with E-state index < -0.39 is 23.8 Å². The van der Waals surface area contributed by atoms with Crippen molar-refractivity contribution >= 4 is 0 Å². The minimum Gasteiger partial charge on any atom is -0.396 e. The summed E-state index contributed by atoms with van der Waals surface area (Å²) in [5.41, 5.74) is 5.37. The molecule has 3 N–H and O–H groups in total. The first-order chi connectivity index (χ1) is 7.06. The van der Waals surface area contributed by atoms with Crippen molar-refractivity contribution in [1.82, 2.24) is 0 Å². The average molecular weight is 219 g/mol. The van der Waals surface area contributed by atoms with Crippen LogP contribution >= 0.6 is 0 Å². The van der Waals surface area contributed by atoms with Gasteiger partial charge in [0.2, 0.25) is 0 Å². The molecule has 0 aromatic heterocycles. The number of nitrogens with two attached hydrogens (primary N) is 1. The van der Waals surface area contributed by atoms with Crippen LogP contribution in [0.25, 0.3) is 0 Å². The lowest BCUT2D eigenvalue weighted by atomic mass is 10.0. The molecule has 2 nitrogen and oxygen atoms in total. The van der Waals surface area contributed by atoms with E-state index in [9.17, 15) is 13.2 Å². The lowest BCUT2D eigenvalue weighted by molar-refractivity contribution is 0.146. The molecule has 0 heterocycles. The fourth-order valence-electron chi connectivity index (χ4n) is 1.26. The smallest absolute Gasteiger partial charge is 0.266 e. The van der Waals surface area contributed by atoms with E-state index in [0.29, 0.717) is 5.56 Å². The van der Waals surface area contributed by atoms with E-state index in [4.69, 9.17) is 10.8 Å². The van der Waals surface area contributed by atoms with Gasteiger partial charge in [0, 0.05) is 12.6 Å². The van der Waals surface area contributed by atoms with Gasteiger partial charge >= 0.3 is 0 Å². The number of aliphatic hydroxyl groups is 1. The Morgan fingerprint density at radius 1 is 1.33 bits per heavy atom. The van der Waals surface area contributed by atoms with E-state index in [2.05, 4.69) is 0 Å². The van der Waals surface area contributed by atoms with Gasteiger partial charge in [-0.25, -0.2) is 13.2 Å². The number of aliphatic hydroxyl groups excluding tert-OH is 1. The van der Waals surface area contributed by atoms with Crippen LogP contribution in [0.3, 0.4) is 0 Å². The Balaban J connectivity index is 2.91. The molecule has 1 atom stereocenters. The largest absolute Gasteiger partial charge is 0.396 e. The SMILES string of the molecule is N[C@@H](CCO)c1ccc(C(F)F)c(F)c1. The highest BCUT2D eigenvalue weighted by Gasteiger charge is 2.15. The molecule has 15 heavy (non-hydrogen) atoms. The van der Waals surface area contributed by atoms with Crippen molar-refractivity contribution in [3.63, 3.8) is 0 Å². The molecule has 0 aliphatic heterocycles. The zero-order valence-corrected chi connectivity index (χ0v) is 7.96. The fourth-order valence-corrected chi connectivity index (χ4v) is 1.26. The van der Waals surface area contributed by atoms with Crippen molar-refractivity contribution in [3.8, 4) is 0 Å². The Morgan fingerprint density at radius 2 is 2.00 bits per heavy atom. The Morgan fingerprint density at radius 3 is 2.47 bits per heavy atom. The Hall–Kier alpha value is -1.07. The lowest BCUT2D eigenvalue weighted by Crippen LogP contribution is -2.12. The van der Waals surface area contributed by atoms with Gasteiger partial charge in [-0.15, -0.1) is 0 Å². The van der Waals surface area contributed by atoms with Crippen molar-refractivity contribution in [2.24, 2.45) is 5.73 Å². The minimum absolute atomic E-state index is 0.126. The molecule has 0 spiro atoms. The predicted molar refractivity (Wildman–Crippen MR) is 50.0 cm³/mol. The van der Waals surface area contributed by atoms with Gasteiger partial charge in [0.25, 0.3) is 6.43 Å². The van der Waals surface area contributed by atoms with Crippen molar-refractivity contribution in [2.75, 3.05) is 6.61 Å². The van der Waals surface area contributed by atoms with Crippen LogP contribution in [0, 0.1) is 5.82 Å². The van der Waals surface area contributed by atoms with Crippen molar-refractivity contribution in [2.45, 2.75) is 18.9 Å². The third-order valence-electron chi connectivity index (χ3n) is 2.13. The highest BCUT2D eigenvalue weighted by molar-refractivity contribution is 5.27. The number of halogens is 3. The van der Waals surface area contributed by atoms with Crippen LogP contribution in [0.5, 0.6) is 0 Å². The van der Waals surface area contributed by atoms with Gasteiger partial charge in [-0.1, -0.05) is 12.1 Å². The molecule has 0 bridgehead atoms. The average Bonchev–Trinajstić information content (AvgIpc) is 2.17. The Kier molecular flexibility index (Phi) is 4.11. The molecule has 0 saturated carbocycles. The summed E-state index contributed by atoms with van der Waals surface area (Å²) in [4.78, 5) is 0. The molecule has 0 saturated heterocycles. The molecule has 0 unspecified atom stereocenters. The maximum Gasteiger partial charge on any atom is 0.266 e. The van der Waals surface area contributed by atoms with E-state index in [1.807, 2.05) is 0 Å². The van der Waals surface area contributed by atoms with Gasteiger partial charge in [0.15, 0.2) is 0 Å². The van der Waals surface area contributed by atoms with Crippen molar-refractivity contribution in [3.05, 3.63) is 35.1 Å². The molecular formula is C10H12F3NO. The molecule has 5 heteroatoms. The molecule has 0 aliphatic rings. The van der Waals surface area contributed by atoms with Gasteiger partial charge < -0.3 is 10.8 Å². The molecule has 0 amide bonds. The van der Waals surface area contributed by atoms with Crippen LogP contribution in [0.1, 0.15) is 30.0 Å². The second kappa shape index (κ2) is 5.14. The van der Waals surface area contributed by atoms with E-state index in [0.717, 1.165) is 12.1 Å². The zero-order chi connectivity index (χ0) is 11.4. The molecule has 1 aromatic rings. The molecule has 84 valence electrons. The quantitative estimate of drug-likeness (QED) is 0.815. The van der Waals surface area contributed by atoms with E-state index in [1.54, 1.807) is 0 Å². The highest BCUT2D eigenvalue weighted by atomic mass is 19.3. The summed E-state index contributed by atoms with van der Waals surface area (Å²) in [6.07, 6.45) is -2.55. The molecule has 0 radical (unpaired) electrons. The van der Waals surface area contributed by atoms with Gasteiger partial charge in [-0.3, -0.25) is 0 Å². The van der Waals surface area contributed by atoms with Crippen LogP contribution in [0.15, 0.2) is 18.2 Å². The fraction of sp³-hybridized carbons (Fsp3) is 0.400. The third-order valence-corrected chi connectivity index (χ3v) is 2.13. The molecule has 0 fully saturated rings. The van der Waals surface area contributed by atoms with Crippen LogP contribution in [-0.4, -0.2) is 11.7 Å². The third kappa shape index (κ3) is 2.94. The zero-order valence-electron chi connectivity index (χ0n) is 7.96. The monoisotopic (exact) mass is 219 g/mol. The van der Waals surface area contributed by atoms with E-state index >= 15 is 0 Å². The van der Waals surface area contributed by atoms with Crippen molar-refractivity contribution < 1.29 is 18.3 Å². The highest BCUT2D eigenvalue weighted by Crippen LogP contribution is 2.24. The first-order valence-electron chi connectivity index (χ1n) is 4.50. The number of hydrogen-bond acceptors (Lipinski definition) is 2. The second-order valence-electron chi connectivity index (χ2n) is 3.20. The van der Waals surface area contributed by atoms with Crippen LogP contribution in [0.4, 0.5) is 13.2 Å². The summed E-state index contributed by atoms with van der Waals surface area (Å²) in [7, 11) is 0. The second-order valence-corrected chi connectivity index (χ2v) is 3.20. The van der Waals surface area contributed by atoms with Gasteiger partial charge in [0.1, 0.15) is 5.82 Å². The first kappa shape index (κ1) is 12.0. The number of rotatable bonds is 4. The number of hydrogen-bond donors (Lipinski definition) is 2. The summed E-state index contributed by atoms with van der Waals surface area (Å²) >= 11 is 0. The predicted octanol–water partition coefficient (Wildman–Crippen LogP) is 2.15. The molecule has 1 rings (SSSR count). The van der Waals surface area contributed by atoms with Gasteiger partial charge in [-0.05, 0) is 18.1 Å². The van der Waals surface area contributed by atoms with Gasteiger partial charge in [-0.2, -0.15) is 0 Å². The Labute approximate surface area is 85.5 Å². The molecular weight excluding hydrogens is 207 g/mol. The van der Waals surface area contributed by atoms with Crippen LogP contribution < -0.4 is 5.73 Å². The summed E-state index contributed by atoms with van der Waals surface area (Å²) < 4.78 is 37.5. The van der Waals surface area contributed by atoms with Gasteiger partial charge in [0.05, 0.1) is 5.56 Å². The first-order valence-corrected chi connectivity index (χ1v) is 4.50. The topological polar surface area (TPSA) is 46.2 Å². The van der Waals surface area contributed by atoms with E-state index in [-0.39, 0.29) is 13.0 Å². The maximum atomic E-state index is 13.1. The number of benzene rings is 1. The normalized spacial score (nSPS) is 13.2. The van der Waals surface area contributed by atoms with E-state index in [1.165, 1.54) is 6.07 Å².